The Kier molecular flexibility index (Phi) is 3.96. The largest absolute Gasteiger partial charge is 0.488 e. The maximum Gasteiger partial charge on any atom is 0.151 e. The first-order chi connectivity index (χ1) is 7.79. The highest BCUT2D eigenvalue weighted by atomic mass is 79.9. The van der Waals surface area contributed by atoms with Gasteiger partial charge in [-0.05, 0) is 31.0 Å². The molecule has 0 spiro atoms. The Labute approximate surface area is 103 Å². The molecule has 0 bridgehead atoms. The van der Waals surface area contributed by atoms with Crippen molar-refractivity contribution in [3.8, 4) is 5.75 Å². The number of benzene rings is 1. The maximum absolute atomic E-state index is 10.8. The van der Waals surface area contributed by atoms with Gasteiger partial charge in [0.1, 0.15) is 11.9 Å². The number of halogens is 1. The van der Waals surface area contributed by atoms with E-state index in [1.54, 1.807) is 6.07 Å². The number of ether oxygens (including phenoxy) is 2. The van der Waals surface area contributed by atoms with Gasteiger partial charge in [0.15, 0.2) is 6.29 Å². The monoisotopic (exact) mass is 284 g/mol. The van der Waals surface area contributed by atoms with Gasteiger partial charge in [-0.1, -0.05) is 15.9 Å². The fraction of sp³-hybridized carbons (Fsp3) is 0.417. The number of carbonyl (C=O) groups is 1. The van der Waals surface area contributed by atoms with Crippen LogP contribution >= 0.6 is 15.9 Å². The van der Waals surface area contributed by atoms with E-state index in [1.807, 2.05) is 12.1 Å². The molecule has 1 aliphatic rings. The number of hydrogen-bond donors (Lipinski definition) is 0. The zero-order valence-electron chi connectivity index (χ0n) is 8.82. The van der Waals surface area contributed by atoms with E-state index >= 15 is 0 Å². The van der Waals surface area contributed by atoms with Crippen LogP contribution < -0.4 is 4.74 Å². The second-order valence-corrected chi connectivity index (χ2v) is 4.61. The molecule has 16 heavy (non-hydrogen) atoms. The summed E-state index contributed by atoms with van der Waals surface area (Å²) >= 11 is 3.30. The average Bonchev–Trinajstić information content (AvgIpc) is 2.33. The molecule has 0 aliphatic carbocycles. The van der Waals surface area contributed by atoms with Gasteiger partial charge in [-0.2, -0.15) is 0 Å². The molecular weight excluding hydrogens is 272 g/mol. The number of carbonyl (C=O) groups excluding carboxylic acids is 1. The lowest BCUT2D eigenvalue weighted by Crippen LogP contribution is -2.28. The molecule has 86 valence electrons. The van der Waals surface area contributed by atoms with Crippen LogP contribution in [0.2, 0.25) is 0 Å². The molecule has 0 radical (unpaired) electrons. The summed E-state index contributed by atoms with van der Waals surface area (Å²) in [5.74, 6) is 0.723. The standard InChI is InChI=1S/C12H13BrO3/c13-12-4-3-10(6-9(12)7-14)16-11-2-1-5-15-8-11/h3-4,6-7,11H,1-2,5,8H2. The normalized spacial score (nSPS) is 20.4. The van der Waals surface area contributed by atoms with Gasteiger partial charge in [-0.3, -0.25) is 4.79 Å². The molecule has 3 nitrogen and oxygen atoms in total. The lowest BCUT2D eigenvalue weighted by Gasteiger charge is -2.23. The van der Waals surface area contributed by atoms with E-state index in [-0.39, 0.29) is 6.10 Å². The maximum atomic E-state index is 10.8. The summed E-state index contributed by atoms with van der Waals surface area (Å²) in [6.45, 7) is 1.45. The van der Waals surface area contributed by atoms with Gasteiger partial charge in [0.2, 0.25) is 0 Å². The lowest BCUT2D eigenvalue weighted by molar-refractivity contribution is 0.00741. The van der Waals surface area contributed by atoms with Crippen LogP contribution in [0.25, 0.3) is 0 Å². The van der Waals surface area contributed by atoms with Gasteiger partial charge in [-0.25, -0.2) is 0 Å². The summed E-state index contributed by atoms with van der Waals surface area (Å²) in [7, 11) is 0. The fourth-order valence-electron chi connectivity index (χ4n) is 1.68. The summed E-state index contributed by atoms with van der Waals surface area (Å²) in [5, 5.41) is 0. The molecule has 0 N–H and O–H groups in total. The predicted octanol–water partition coefficient (Wildman–Crippen LogP) is 2.82. The number of hydrogen-bond acceptors (Lipinski definition) is 3. The summed E-state index contributed by atoms with van der Waals surface area (Å²) in [6, 6.07) is 5.42. The van der Waals surface area contributed by atoms with Gasteiger partial charge >= 0.3 is 0 Å². The second-order valence-electron chi connectivity index (χ2n) is 3.76. The minimum Gasteiger partial charge on any atom is -0.488 e. The molecule has 1 saturated heterocycles. The molecule has 1 aromatic rings. The Hall–Kier alpha value is -0.870. The van der Waals surface area contributed by atoms with Crippen LogP contribution in [-0.4, -0.2) is 25.6 Å². The van der Waals surface area contributed by atoms with Crippen molar-refractivity contribution in [2.24, 2.45) is 0 Å². The molecule has 1 aliphatic heterocycles. The van der Waals surface area contributed by atoms with E-state index in [1.165, 1.54) is 0 Å². The van der Waals surface area contributed by atoms with Gasteiger partial charge in [0.05, 0.1) is 6.61 Å². The molecule has 1 fully saturated rings. The molecule has 2 rings (SSSR count). The van der Waals surface area contributed by atoms with Gasteiger partial charge in [-0.15, -0.1) is 0 Å². The van der Waals surface area contributed by atoms with Crippen LogP contribution in [-0.2, 0) is 4.74 Å². The first kappa shape index (κ1) is 11.6. The third-order valence-corrected chi connectivity index (χ3v) is 3.24. The van der Waals surface area contributed by atoms with Crippen LogP contribution in [0, 0.1) is 0 Å². The minimum atomic E-state index is 0.106. The zero-order valence-corrected chi connectivity index (χ0v) is 10.4. The minimum absolute atomic E-state index is 0.106. The summed E-state index contributed by atoms with van der Waals surface area (Å²) in [6.07, 6.45) is 2.96. The van der Waals surface area contributed by atoms with E-state index in [0.29, 0.717) is 12.2 Å². The van der Waals surface area contributed by atoms with Crippen molar-refractivity contribution >= 4 is 22.2 Å². The topological polar surface area (TPSA) is 35.5 Å². The van der Waals surface area contributed by atoms with Crippen LogP contribution in [0.5, 0.6) is 5.75 Å². The highest BCUT2D eigenvalue weighted by Gasteiger charge is 2.15. The van der Waals surface area contributed by atoms with Crippen LogP contribution in [0.4, 0.5) is 0 Å². The highest BCUT2D eigenvalue weighted by molar-refractivity contribution is 9.10. The Bertz CT molecular complexity index is 373. The second kappa shape index (κ2) is 5.46. The van der Waals surface area contributed by atoms with Crippen molar-refractivity contribution in [3.63, 3.8) is 0 Å². The summed E-state index contributed by atoms with van der Waals surface area (Å²) < 4.78 is 11.9. The number of rotatable bonds is 3. The molecular formula is C12H13BrO3. The van der Waals surface area contributed by atoms with Crippen LogP contribution in [0.1, 0.15) is 23.2 Å². The van der Waals surface area contributed by atoms with Crippen molar-refractivity contribution in [1.82, 2.24) is 0 Å². The van der Waals surface area contributed by atoms with Crippen LogP contribution in [0.3, 0.4) is 0 Å². The predicted molar refractivity (Wildman–Crippen MR) is 64.0 cm³/mol. The molecule has 1 heterocycles. The molecule has 0 saturated carbocycles. The average molecular weight is 285 g/mol. The first-order valence-electron chi connectivity index (χ1n) is 5.29. The van der Waals surface area contributed by atoms with E-state index in [2.05, 4.69) is 15.9 Å². The first-order valence-corrected chi connectivity index (χ1v) is 6.08. The smallest absolute Gasteiger partial charge is 0.151 e. The number of aldehydes is 1. The van der Waals surface area contributed by atoms with Crippen molar-refractivity contribution in [1.29, 1.82) is 0 Å². The van der Waals surface area contributed by atoms with Crippen molar-refractivity contribution in [2.75, 3.05) is 13.2 Å². The molecule has 0 amide bonds. The van der Waals surface area contributed by atoms with E-state index in [0.717, 1.165) is 36.0 Å². The Morgan fingerprint density at radius 1 is 1.50 bits per heavy atom. The van der Waals surface area contributed by atoms with Crippen molar-refractivity contribution in [2.45, 2.75) is 18.9 Å². The van der Waals surface area contributed by atoms with E-state index in [4.69, 9.17) is 9.47 Å². The zero-order chi connectivity index (χ0) is 11.4. The molecule has 4 heteroatoms. The summed E-state index contributed by atoms with van der Waals surface area (Å²) in [4.78, 5) is 10.8. The van der Waals surface area contributed by atoms with E-state index < -0.39 is 0 Å². The van der Waals surface area contributed by atoms with E-state index in [9.17, 15) is 4.79 Å². The molecule has 0 aromatic heterocycles. The SMILES string of the molecule is O=Cc1cc(OC2CCCOC2)ccc1Br. The van der Waals surface area contributed by atoms with Crippen LogP contribution in [0.15, 0.2) is 22.7 Å². The highest BCUT2D eigenvalue weighted by Crippen LogP contribution is 2.23. The lowest BCUT2D eigenvalue weighted by atomic mass is 10.1. The molecule has 1 unspecified atom stereocenters. The Morgan fingerprint density at radius 3 is 3.06 bits per heavy atom. The van der Waals surface area contributed by atoms with Gasteiger partial charge in [0, 0.05) is 16.6 Å². The van der Waals surface area contributed by atoms with Gasteiger partial charge in [0.25, 0.3) is 0 Å². The Balaban J connectivity index is 2.05. The third-order valence-electron chi connectivity index (χ3n) is 2.52. The quantitative estimate of drug-likeness (QED) is 0.801. The molecule has 1 atom stereocenters. The molecule has 1 aromatic carbocycles. The van der Waals surface area contributed by atoms with Crippen molar-refractivity contribution < 1.29 is 14.3 Å². The fourth-order valence-corrected chi connectivity index (χ4v) is 2.02. The van der Waals surface area contributed by atoms with Gasteiger partial charge < -0.3 is 9.47 Å². The third kappa shape index (κ3) is 2.83. The summed E-state index contributed by atoms with van der Waals surface area (Å²) in [5.41, 5.74) is 0.606. The Morgan fingerprint density at radius 2 is 2.38 bits per heavy atom. The van der Waals surface area contributed by atoms with Crippen molar-refractivity contribution in [3.05, 3.63) is 28.2 Å².